The highest BCUT2D eigenvalue weighted by Gasteiger charge is 2.34. The Morgan fingerprint density at radius 1 is 1.30 bits per heavy atom. The molecule has 2 aromatic rings. The van der Waals surface area contributed by atoms with E-state index in [0.717, 1.165) is 37.4 Å². The predicted octanol–water partition coefficient (Wildman–Crippen LogP) is 0.434. The van der Waals surface area contributed by atoms with Crippen LogP contribution < -0.4 is 4.90 Å². The maximum absolute atomic E-state index is 12.2. The molecule has 120 valence electrons. The van der Waals surface area contributed by atoms with Gasteiger partial charge < -0.3 is 9.80 Å². The van der Waals surface area contributed by atoms with E-state index in [1.165, 1.54) is 24.6 Å². The van der Waals surface area contributed by atoms with Crippen molar-refractivity contribution in [2.75, 3.05) is 25.0 Å². The van der Waals surface area contributed by atoms with Gasteiger partial charge in [-0.05, 0) is 37.3 Å². The van der Waals surface area contributed by atoms with Crippen molar-refractivity contribution in [1.29, 1.82) is 0 Å². The average molecular weight is 313 g/mol. The van der Waals surface area contributed by atoms with E-state index in [1.807, 2.05) is 0 Å². The maximum atomic E-state index is 12.2. The molecule has 1 saturated heterocycles. The molecule has 0 bridgehead atoms. The quantitative estimate of drug-likeness (QED) is 0.884. The van der Waals surface area contributed by atoms with E-state index in [4.69, 9.17) is 0 Å². The van der Waals surface area contributed by atoms with Gasteiger partial charge in [-0.25, -0.2) is 0 Å². The highest BCUT2D eigenvalue weighted by molar-refractivity contribution is 5.92. The van der Waals surface area contributed by atoms with Gasteiger partial charge >= 0.3 is 0 Å². The third kappa shape index (κ3) is 2.54. The number of aromatic amines is 1. The van der Waals surface area contributed by atoms with Crippen molar-refractivity contribution in [2.45, 2.75) is 31.7 Å². The van der Waals surface area contributed by atoms with Crippen molar-refractivity contribution >= 4 is 11.7 Å². The van der Waals surface area contributed by atoms with E-state index in [0.29, 0.717) is 5.69 Å². The molecule has 8 nitrogen and oxygen atoms in total. The summed E-state index contributed by atoms with van der Waals surface area (Å²) in [5, 5.41) is 18.7. The summed E-state index contributed by atoms with van der Waals surface area (Å²) in [6.07, 6.45) is 6.03. The number of amides is 1. The third-order valence-corrected chi connectivity index (χ3v) is 4.75. The summed E-state index contributed by atoms with van der Waals surface area (Å²) >= 11 is 0. The topological polar surface area (TPSA) is 90.9 Å². The number of rotatable bonds is 3. The van der Waals surface area contributed by atoms with Crippen molar-refractivity contribution in [3.8, 4) is 0 Å². The zero-order valence-corrected chi connectivity index (χ0v) is 13.1. The molecule has 1 aliphatic carbocycles. The van der Waals surface area contributed by atoms with Gasteiger partial charge in [-0.3, -0.25) is 4.79 Å². The Hall–Kier alpha value is -2.51. The van der Waals surface area contributed by atoms with Crippen LogP contribution in [0.4, 0.5) is 5.82 Å². The smallest absolute Gasteiger partial charge is 0.276 e. The normalized spacial score (nSPS) is 17.5. The van der Waals surface area contributed by atoms with Crippen LogP contribution in [-0.4, -0.2) is 62.6 Å². The molecule has 1 fully saturated rings. The molecule has 1 amide bonds. The molecule has 0 saturated carbocycles. The third-order valence-electron chi connectivity index (χ3n) is 4.75. The van der Waals surface area contributed by atoms with Gasteiger partial charge in [-0.2, -0.15) is 20.5 Å². The van der Waals surface area contributed by atoms with Crippen LogP contribution in [0.1, 0.15) is 34.6 Å². The highest BCUT2D eigenvalue weighted by atomic mass is 16.2. The van der Waals surface area contributed by atoms with Crippen molar-refractivity contribution in [1.82, 2.24) is 30.5 Å². The minimum Gasteiger partial charge on any atom is -0.351 e. The van der Waals surface area contributed by atoms with Gasteiger partial charge in [0, 0.05) is 20.1 Å². The average Bonchev–Trinajstić information content (AvgIpc) is 3.07. The van der Waals surface area contributed by atoms with Gasteiger partial charge in [0.15, 0.2) is 11.5 Å². The van der Waals surface area contributed by atoms with E-state index in [9.17, 15) is 4.79 Å². The Balaban J connectivity index is 1.40. The molecule has 2 aliphatic rings. The first-order chi connectivity index (χ1) is 11.2. The fourth-order valence-electron chi connectivity index (χ4n) is 3.17. The Morgan fingerprint density at radius 2 is 2.13 bits per heavy atom. The van der Waals surface area contributed by atoms with Crippen molar-refractivity contribution in [3.63, 3.8) is 0 Å². The fraction of sp³-hybridized carbons (Fsp3) is 0.533. The van der Waals surface area contributed by atoms with Crippen molar-refractivity contribution < 1.29 is 4.79 Å². The van der Waals surface area contributed by atoms with Gasteiger partial charge in [0.25, 0.3) is 5.91 Å². The molecule has 23 heavy (non-hydrogen) atoms. The number of hydrogen-bond donors (Lipinski definition) is 1. The minimum absolute atomic E-state index is 0.111. The van der Waals surface area contributed by atoms with E-state index in [2.05, 4.69) is 36.6 Å². The molecule has 4 rings (SSSR count). The number of carbonyl (C=O) groups is 1. The standard InChI is InChI=1S/C15H19N7O/c1-21(15(23)13-7-16-20-18-13)11-8-22(9-11)14-6-10-4-2-3-5-12(10)17-19-14/h6-7,11H,2-5,8-9H2,1H3,(H,16,18,20). The second kappa shape index (κ2) is 5.60. The van der Waals surface area contributed by atoms with Crippen molar-refractivity contribution in [2.24, 2.45) is 0 Å². The van der Waals surface area contributed by atoms with E-state index in [-0.39, 0.29) is 11.9 Å². The molecular formula is C15H19N7O. The molecule has 1 aliphatic heterocycles. The maximum Gasteiger partial charge on any atom is 0.276 e. The number of anilines is 1. The lowest BCUT2D eigenvalue weighted by atomic mass is 9.96. The van der Waals surface area contributed by atoms with Crippen LogP contribution in [0.15, 0.2) is 12.3 Å². The van der Waals surface area contributed by atoms with Gasteiger partial charge in [-0.1, -0.05) is 0 Å². The predicted molar refractivity (Wildman–Crippen MR) is 83.2 cm³/mol. The van der Waals surface area contributed by atoms with Crippen LogP contribution in [0.25, 0.3) is 0 Å². The summed E-state index contributed by atoms with van der Waals surface area (Å²) < 4.78 is 0. The molecule has 0 aromatic carbocycles. The van der Waals surface area contributed by atoms with E-state index < -0.39 is 0 Å². The molecular weight excluding hydrogens is 294 g/mol. The number of nitrogens with zero attached hydrogens (tertiary/aromatic N) is 6. The lowest BCUT2D eigenvalue weighted by molar-refractivity contribution is 0.0699. The van der Waals surface area contributed by atoms with Gasteiger partial charge in [0.2, 0.25) is 0 Å². The first-order valence-electron chi connectivity index (χ1n) is 7.96. The van der Waals surface area contributed by atoms with Gasteiger partial charge in [0.1, 0.15) is 0 Å². The van der Waals surface area contributed by atoms with Crippen LogP contribution in [0.2, 0.25) is 0 Å². The lowest BCUT2D eigenvalue weighted by Gasteiger charge is -2.44. The molecule has 3 heterocycles. The molecule has 0 unspecified atom stereocenters. The molecule has 0 atom stereocenters. The summed E-state index contributed by atoms with van der Waals surface area (Å²) in [7, 11) is 1.80. The molecule has 2 aromatic heterocycles. The Morgan fingerprint density at radius 3 is 2.91 bits per heavy atom. The largest absolute Gasteiger partial charge is 0.351 e. The van der Waals surface area contributed by atoms with Gasteiger partial charge in [0.05, 0.1) is 17.9 Å². The molecule has 8 heteroatoms. The number of fused-ring (bicyclic) bond motifs is 1. The molecule has 0 radical (unpaired) electrons. The summed E-state index contributed by atoms with van der Waals surface area (Å²) in [5.74, 6) is 0.809. The highest BCUT2D eigenvalue weighted by Crippen LogP contribution is 2.26. The number of aromatic nitrogens is 5. The Labute approximate surface area is 133 Å². The van der Waals surface area contributed by atoms with Crippen LogP contribution in [0.5, 0.6) is 0 Å². The minimum atomic E-state index is -0.111. The zero-order valence-electron chi connectivity index (χ0n) is 13.1. The zero-order chi connectivity index (χ0) is 15.8. The van der Waals surface area contributed by atoms with E-state index >= 15 is 0 Å². The molecule has 0 spiro atoms. The summed E-state index contributed by atoms with van der Waals surface area (Å²) in [5.41, 5.74) is 2.83. The molecule has 1 N–H and O–H groups in total. The van der Waals surface area contributed by atoms with Crippen LogP contribution in [0, 0.1) is 0 Å². The fourth-order valence-corrected chi connectivity index (χ4v) is 3.17. The van der Waals surface area contributed by atoms with Crippen molar-refractivity contribution in [3.05, 3.63) is 29.2 Å². The first kappa shape index (κ1) is 14.1. The number of hydrogen-bond acceptors (Lipinski definition) is 6. The summed E-state index contributed by atoms with van der Waals surface area (Å²) in [4.78, 5) is 16.1. The second-order valence-corrected chi connectivity index (χ2v) is 6.21. The van der Waals surface area contributed by atoms with Crippen LogP contribution in [-0.2, 0) is 12.8 Å². The number of likely N-dealkylation sites (N-methyl/N-ethyl adjacent to an activating group) is 1. The number of nitrogens with one attached hydrogen (secondary N) is 1. The number of H-pyrrole nitrogens is 1. The SMILES string of the molecule is CN(C(=O)c1cn[nH]n1)C1CN(c2cc3c(nn2)CCCC3)C1. The number of aryl methyl sites for hydroxylation is 2. The van der Waals surface area contributed by atoms with E-state index in [1.54, 1.807) is 11.9 Å². The Kier molecular flexibility index (Phi) is 3.44. The first-order valence-corrected chi connectivity index (χ1v) is 7.96. The van der Waals surface area contributed by atoms with Crippen LogP contribution >= 0.6 is 0 Å². The monoisotopic (exact) mass is 313 g/mol. The summed E-state index contributed by atoms with van der Waals surface area (Å²) in [6, 6.07) is 2.33. The second-order valence-electron chi connectivity index (χ2n) is 6.21. The summed E-state index contributed by atoms with van der Waals surface area (Å²) in [6.45, 7) is 1.54. The van der Waals surface area contributed by atoms with Crippen LogP contribution in [0.3, 0.4) is 0 Å². The number of carbonyl (C=O) groups excluding carboxylic acids is 1. The lowest BCUT2D eigenvalue weighted by Crippen LogP contribution is -2.60. The Bertz CT molecular complexity index is 709. The van der Waals surface area contributed by atoms with Gasteiger partial charge in [-0.15, -0.1) is 5.10 Å².